The molecule has 0 radical (unpaired) electrons. The number of hydrogen-bond donors (Lipinski definition) is 1. The minimum absolute atomic E-state index is 0.385. The lowest BCUT2D eigenvalue weighted by atomic mass is 10.1. The van der Waals surface area contributed by atoms with Gasteiger partial charge in [0.05, 0.1) is 5.51 Å². The molecule has 1 aliphatic carbocycles. The van der Waals surface area contributed by atoms with E-state index >= 15 is 0 Å². The summed E-state index contributed by atoms with van der Waals surface area (Å²) >= 11 is 1.71. The molecule has 1 aliphatic rings. The van der Waals surface area contributed by atoms with Crippen molar-refractivity contribution in [3.8, 4) is 0 Å². The molecular weight excluding hydrogens is 156 g/mol. The van der Waals surface area contributed by atoms with E-state index < -0.39 is 0 Å². The predicted octanol–water partition coefficient (Wildman–Crippen LogP) is 1.42. The van der Waals surface area contributed by atoms with Gasteiger partial charge in [-0.15, -0.1) is 11.3 Å². The van der Waals surface area contributed by atoms with Gasteiger partial charge >= 0.3 is 0 Å². The summed E-state index contributed by atoms with van der Waals surface area (Å²) in [5.41, 5.74) is 7.82. The molecule has 0 saturated heterocycles. The van der Waals surface area contributed by atoms with Crippen LogP contribution in [0.4, 0.5) is 0 Å². The van der Waals surface area contributed by atoms with E-state index in [0.717, 1.165) is 12.3 Å². The Morgan fingerprint density at radius 2 is 2.55 bits per heavy atom. The van der Waals surface area contributed by atoms with Crippen molar-refractivity contribution in [1.82, 2.24) is 4.98 Å². The van der Waals surface area contributed by atoms with Crippen molar-refractivity contribution in [1.29, 1.82) is 0 Å². The Morgan fingerprint density at radius 3 is 3.09 bits per heavy atom. The molecule has 2 N–H and O–H groups in total. The SMILES string of the molecule is NC(Cc1cncs1)C1CC1. The Balaban J connectivity index is 1.89. The van der Waals surface area contributed by atoms with E-state index in [1.165, 1.54) is 17.7 Å². The fourth-order valence-corrected chi connectivity index (χ4v) is 1.93. The monoisotopic (exact) mass is 168 g/mol. The molecule has 11 heavy (non-hydrogen) atoms. The van der Waals surface area contributed by atoms with Gasteiger partial charge in [-0.1, -0.05) is 0 Å². The normalized spacial score (nSPS) is 20.1. The predicted molar refractivity (Wildman–Crippen MR) is 46.5 cm³/mol. The highest BCUT2D eigenvalue weighted by atomic mass is 32.1. The summed E-state index contributed by atoms with van der Waals surface area (Å²) in [4.78, 5) is 5.34. The lowest BCUT2D eigenvalue weighted by Gasteiger charge is -2.06. The van der Waals surface area contributed by atoms with Crippen LogP contribution in [-0.4, -0.2) is 11.0 Å². The smallest absolute Gasteiger partial charge is 0.0794 e. The second kappa shape index (κ2) is 2.91. The van der Waals surface area contributed by atoms with Crippen LogP contribution in [0.3, 0.4) is 0 Å². The van der Waals surface area contributed by atoms with Crippen molar-refractivity contribution in [3.05, 3.63) is 16.6 Å². The first-order chi connectivity index (χ1) is 5.36. The molecule has 1 fully saturated rings. The number of aromatic nitrogens is 1. The summed E-state index contributed by atoms with van der Waals surface area (Å²) in [6, 6.07) is 0.385. The van der Waals surface area contributed by atoms with Crippen LogP contribution in [0.1, 0.15) is 17.7 Å². The molecule has 3 heteroatoms. The zero-order valence-corrected chi connectivity index (χ0v) is 7.18. The molecule has 0 bridgehead atoms. The third kappa shape index (κ3) is 1.79. The number of hydrogen-bond acceptors (Lipinski definition) is 3. The lowest BCUT2D eigenvalue weighted by molar-refractivity contribution is 0.595. The summed E-state index contributed by atoms with van der Waals surface area (Å²) in [6.45, 7) is 0. The number of nitrogens with two attached hydrogens (primary N) is 1. The largest absolute Gasteiger partial charge is 0.327 e. The van der Waals surface area contributed by atoms with Crippen molar-refractivity contribution in [3.63, 3.8) is 0 Å². The highest BCUT2D eigenvalue weighted by Crippen LogP contribution is 2.33. The van der Waals surface area contributed by atoms with Gasteiger partial charge in [0.15, 0.2) is 0 Å². The van der Waals surface area contributed by atoms with E-state index in [0.29, 0.717) is 6.04 Å². The first-order valence-corrected chi connectivity index (χ1v) is 4.87. The van der Waals surface area contributed by atoms with E-state index in [-0.39, 0.29) is 0 Å². The van der Waals surface area contributed by atoms with Crippen LogP contribution in [0.5, 0.6) is 0 Å². The Hall–Kier alpha value is -0.410. The van der Waals surface area contributed by atoms with Crippen LogP contribution in [-0.2, 0) is 6.42 Å². The van der Waals surface area contributed by atoms with Gasteiger partial charge in [0, 0.05) is 17.1 Å². The second-order valence-corrected chi connectivity index (χ2v) is 4.14. The first-order valence-electron chi connectivity index (χ1n) is 3.99. The Bertz CT molecular complexity index is 216. The average molecular weight is 168 g/mol. The highest BCUT2D eigenvalue weighted by molar-refractivity contribution is 7.09. The zero-order valence-electron chi connectivity index (χ0n) is 6.36. The van der Waals surface area contributed by atoms with Crippen LogP contribution in [0, 0.1) is 5.92 Å². The number of rotatable bonds is 3. The van der Waals surface area contributed by atoms with Crippen LogP contribution in [0.25, 0.3) is 0 Å². The van der Waals surface area contributed by atoms with Crippen LogP contribution < -0.4 is 5.73 Å². The number of nitrogens with zero attached hydrogens (tertiary/aromatic N) is 1. The van der Waals surface area contributed by atoms with Crippen molar-refractivity contribution in [2.45, 2.75) is 25.3 Å². The third-order valence-corrected chi connectivity index (χ3v) is 2.95. The fraction of sp³-hybridized carbons (Fsp3) is 0.625. The summed E-state index contributed by atoms with van der Waals surface area (Å²) < 4.78 is 0. The molecule has 1 saturated carbocycles. The fourth-order valence-electron chi connectivity index (χ4n) is 1.27. The summed E-state index contributed by atoms with van der Waals surface area (Å²) in [5.74, 6) is 0.803. The van der Waals surface area contributed by atoms with E-state index in [4.69, 9.17) is 5.73 Å². The molecule has 0 spiro atoms. The maximum Gasteiger partial charge on any atom is 0.0794 e. The molecule has 2 nitrogen and oxygen atoms in total. The van der Waals surface area contributed by atoms with Crippen molar-refractivity contribution < 1.29 is 0 Å². The van der Waals surface area contributed by atoms with Gasteiger partial charge in [-0.25, -0.2) is 0 Å². The molecule has 1 unspecified atom stereocenters. The van der Waals surface area contributed by atoms with Gasteiger partial charge in [-0.05, 0) is 25.2 Å². The second-order valence-electron chi connectivity index (χ2n) is 3.17. The molecule has 1 atom stereocenters. The molecule has 0 aromatic carbocycles. The molecule has 60 valence electrons. The zero-order chi connectivity index (χ0) is 7.68. The molecule has 0 amide bonds. The number of thiazole rings is 1. The molecule has 2 rings (SSSR count). The van der Waals surface area contributed by atoms with Crippen molar-refractivity contribution >= 4 is 11.3 Å². The van der Waals surface area contributed by atoms with Gasteiger partial charge in [0.2, 0.25) is 0 Å². The Kier molecular flexibility index (Phi) is 1.92. The Labute approximate surface area is 70.5 Å². The maximum atomic E-state index is 5.95. The molecule has 1 aromatic rings. The minimum Gasteiger partial charge on any atom is -0.327 e. The molecular formula is C8H12N2S. The van der Waals surface area contributed by atoms with Gasteiger partial charge in [0.25, 0.3) is 0 Å². The van der Waals surface area contributed by atoms with Crippen LogP contribution >= 0.6 is 11.3 Å². The molecule has 1 heterocycles. The van der Waals surface area contributed by atoms with E-state index in [1.807, 2.05) is 11.7 Å². The van der Waals surface area contributed by atoms with Crippen LogP contribution in [0.2, 0.25) is 0 Å². The minimum atomic E-state index is 0.385. The standard InChI is InChI=1S/C8H12N2S/c9-8(6-1-2-6)3-7-4-10-5-11-7/h4-6,8H,1-3,9H2. The summed E-state index contributed by atoms with van der Waals surface area (Å²) in [7, 11) is 0. The highest BCUT2D eigenvalue weighted by Gasteiger charge is 2.28. The third-order valence-electron chi connectivity index (χ3n) is 2.15. The first kappa shape index (κ1) is 7.25. The van der Waals surface area contributed by atoms with Crippen molar-refractivity contribution in [2.75, 3.05) is 0 Å². The van der Waals surface area contributed by atoms with Gasteiger partial charge in [0.1, 0.15) is 0 Å². The Morgan fingerprint density at radius 1 is 1.73 bits per heavy atom. The topological polar surface area (TPSA) is 38.9 Å². The maximum absolute atomic E-state index is 5.95. The van der Waals surface area contributed by atoms with Gasteiger partial charge < -0.3 is 5.73 Å². The average Bonchev–Trinajstić information content (AvgIpc) is 2.73. The van der Waals surface area contributed by atoms with Gasteiger partial charge in [-0.2, -0.15) is 0 Å². The molecule has 1 aromatic heterocycles. The summed E-state index contributed by atoms with van der Waals surface area (Å²) in [6.07, 6.45) is 5.61. The summed E-state index contributed by atoms with van der Waals surface area (Å²) in [5, 5.41) is 0. The van der Waals surface area contributed by atoms with Crippen molar-refractivity contribution in [2.24, 2.45) is 11.7 Å². The van der Waals surface area contributed by atoms with E-state index in [2.05, 4.69) is 4.98 Å². The lowest BCUT2D eigenvalue weighted by Crippen LogP contribution is -2.24. The molecule has 0 aliphatic heterocycles. The van der Waals surface area contributed by atoms with E-state index in [9.17, 15) is 0 Å². The van der Waals surface area contributed by atoms with E-state index in [1.54, 1.807) is 11.3 Å². The van der Waals surface area contributed by atoms with Crippen LogP contribution in [0.15, 0.2) is 11.7 Å². The van der Waals surface area contributed by atoms with Gasteiger partial charge in [-0.3, -0.25) is 4.98 Å². The quantitative estimate of drug-likeness (QED) is 0.741.